The normalized spacial score (nSPS) is 33.8. The molecule has 0 bridgehead atoms. The third kappa shape index (κ3) is 2.54. The molecule has 2 N–H and O–H groups in total. The van der Waals surface area contributed by atoms with Crippen LogP contribution in [0.25, 0.3) is 0 Å². The maximum absolute atomic E-state index is 6.34. The lowest BCUT2D eigenvalue weighted by Crippen LogP contribution is -2.46. The fourth-order valence-corrected chi connectivity index (χ4v) is 3.69. The number of methoxy groups -OCH3 is 1. The van der Waals surface area contributed by atoms with E-state index in [1.165, 1.54) is 0 Å². The molecule has 1 aromatic carbocycles. The number of ether oxygens (including phenoxy) is 2. The quantitative estimate of drug-likeness (QED) is 0.858. The van der Waals surface area contributed by atoms with Gasteiger partial charge in [0.05, 0.1) is 6.10 Å². The van der Waals surface area contributed by atoms with Gasteiger partial charge >= 0.3 is 0 Å². The Balaban J connectivity index is 1.84. The fraction of sp³-hybridized carbons (Fsp3) is 0.600. The second-order valence-corrected chi connectivity index (χ2v) is 6.63. The van der Waals surface area contributed by atoms with Crippen LogP contribution in [0, 0.1) is 0 Å². The van der Waals surface area contributed by atoms with Crippen LogP contribution < -0.4 is 10.5 Å². The summed E-state index contributed by atoms with van der Waals surface area (Å²) in [5, 5.41) is 0. The van der Waals surface area contributed by atoms with Crippen molar-refractivity contribution in [1.29, 1.82) is 0 Å². The summed E-state index contributed by atoms with van der Waals surface area (Å²) in [5.74, 6) is 0.948. The third-order valence-corrected chi connectivity index (χ3v) is 4.96. The van der Waals surface area contributed by atoms with Crippen LogP contribution in [-0.2, 0) is 4.74 Å². The Kier molecular flexibility index (Phi) is 3.58. The minimum Gasteiger partial charge on any atom is -0.487 e. The summed E-state index contributed by atoms with van der Waals surface area (Å²) in [6, 6.07) is 6.22. The molecule has 4 heteroatoms. The van der Waals surface area contributed by atoms with Crippen molar-refractivity contribution >= 4 is 15.9 Å². The minimum absolute atomic E-state index is 0.0796. The van der Waals surface area contributed by atoms with Crippen LogP contribution in [-0.4, -0.2) is 18.8 Å². The highest BCUT2D eigenvalue weighted by Crippen LogP contribution is 2.46. The molecule has 1 spiro atoms. The molecule has 0 amide bonds. The van der Waals surface area contributed by atoms with Crippen molar-refractivity contribution in [3.63, 3.8) is 0 Å². The average molecular weight is 326 g/mol. The molecule has 1 saturated carbocycles. The zero-order valence-corrected chi connectivity index (χ0v) is 12.8. The first kappa shape index (κ1) is 13.4. The van der Waals surface area contributed by atoms with Crippen molar-refractivity contribution in [2.45, 2.75) is 49.9 Å². The van der Waals surface area contributed by atoms with E-state index in [0.29, 0.717) is 6.10 Å². The van der Waals surface area contributed by atoms with E-state index in [4.69, 9.17) is 15.2 Å². The Bertz CT molecular complexity index is 469. The first-order valence-corrected chi connectivity index (χ1v) is 7.68. The van der Waals surface area contributed by atoms with Gasteiger partial charge in [0.15, 0.2) is 0 Å². The fourth-order valence-electron chi connectivity index (χ4n) is 3.35. The van der Waals surface area contributed by atoms with E-state index in [0.717, 1.165) is 47.9 Å². The lowest BCUT2D eigenvalue weighted by molar-refractivity contribution is -0.0428. The molecular weight excluding hydrogens is 306 g/mol. The molecule has 0 unspecified atom stereocenters. The lowest BCUT2D eigenvalue weighted by atomic mass is 9.76. The van der Waals surface area contributed by atoms with E-state index in [-0.39, 0.29) is 11.6 Å². The smallest absolute Gasteiger partial charge is 0.126 e. The second kappa shape index (κ2) is 5.08. The average Bonchev–Trinajstić information content (AvgIpc) is 2.39. The number of rotatable bonds is 1. The highest BCUT2D eigenvalue weighted by Gasteiger charge is 2.42. The van der Waals surface area contributed by atoms with Crippen molar-refractivity contribution in [2.24, 2.45) is 5.73 Å². The van der Waals surface area contributed by atoms with E-state index in [1.807, 2.05) is 12.1 Å². The van der Waals surface area contributed by atoms with Gasteiger partial charge in [0.2, 0.25) is 0 Å². The molecule has 2 aliphatic rings. The predicted octanol–water partition coefficient (Wildman–Crippen LogP) is 3.56. The first-order valence-electron chi connectivity index (χ1n) is 6.89. The third-order valence-electron chi connectivity index (χ3n) is 4.47. The number of halogens is 1. The second-order valence-electron chi connectivity index (χ2n) is 5.71. The van der Waals surface area contributed by atoms with Gasteiger partial charge in [-0.2, -0.15) is 0 Å². The van der Waals surface area contributed by atoms with E-state index in [2.05, 4.69) is 22.0 Å². The Labute approximate surface area is 122 Å². The monoisotopic (exact) mass is 325 g/mol. The van der Waals surface area contributed by atoms with E-state index in [9.17, 15) is 0 Å². The highest BCUT2D eigenvalue weighted by atomic mass is 79.9. The summed E-state index contributed by atoms with van der Waals surface area (Å²) in [6.45, 7) is 0. The topological polar surface area (TPSA) is 44.5 Å². The number of hydrogen-bond acceptors (Lipinski definition) is 3. The maximum atomic E-state index is 6.34. The molecule has 104 valence electrons. The van der Waals surface area contributed by atoms with Crippen LogP contribution >= 0.6 is 15.9 Å². The molecule has 1 fully saturated rings. The highest BCUT2D eigenvalue weighted by molar-refractivity contribution is 9.10. The van der Waals surface area contributed by atoms with Crippen LogP contribution in [0.1, 0.15) is 43.7 Å². The summed E-state index contributed by atoms with van der Waals surface area (Å²) in [7, 11) is 1.79. The molecule has 1 aromatic rings. The van der Waals surface area contributed by atoms with Crippen molar-refractivity contribution in [3.8, 4) is 5.75 Å². The lowest BCUT2D eigenvalue weighted by Gasteiger charge is -2.45. The van der Waals surface area contributed by atoms with Crippen LogP contribution in [0.3, 0.4) is 0 Å². The molecule has 19 heavy (non-hydrogen) atoms. The van der Waals surface area contributed by atoms with Gasteiger partial charge < -0.3 is 15.2 Å². The van der Waals surface area contributed by atoms with Crippen LogP contribution in [0.4, 0.5) is 0 Å². The number of nitrogens with two attached hydrogens (primary N) is 1. The van der Waals surface area contributed by atoms with E-state index >= 15 is 0 Å². The summed E-state index contributed by atoms with van der Waals surface area (Å²) in [4.78, 5) is 0. The Hall–Kier alpha value is -0.580. The SMILES string of the molecule is COC1CCC2(CC1)C[C@H](N)c1ccc(Br)cc1O2. The summed E-state index contributed by atoms with van der Waals surface area (Å²) >= 11 is 3.50. The zero-order chi connectivity index (χ0) is 13.5. The van der Waals surface area contributed by atoms with Crippen molar-refractivity contribution in [1.82, 2.24) is 0 Å². The number of hydrogen-bond donors (Lipinski definition) is 1. The minimum atomic E-state index is -0.0811. The van der Waals surface area contributed by atoms with E-state index < -0.39 is 0 Å². The van der Waals surface area contributed by atoms with Crippen LogP contribution in [0.2, 0.25) is 0 Å². The number of benzene rings is 1. The summed E-state index contributed by atoms with van der Waals surface area (Å²) in [5.41, 5.74) is 7.39. The van der Waals surface area contributed by atoms with Gasteiger partial charge in [0, 0.05) is 29.6 Å². The van der Waals surface area contributed by atoms with Gasteiger partial charge in [0.1, 0.15) is 11.4 Å². The standard InChI is InChI=1S/C15H20BrNO2/c1-18-11-4-6-15(7-5-11)9-13(17)12-3-2-10(16)8-14(12)19-15/h2-3,8,11,13H,4-7,9,17H2,1H3/t11?,13-,15?/m0/s1. The molecule has 1 aliphatic carbocycles. The molecule has 1 aliphatic heterocycles. The molecule has 3 rings (SSSR count). The molecule has 0 saturated heterocycles. The van der Waals surface area contributed by atoms with Gasteiger partial charge in [-0.15, -0.1) is 0 Å². The Morgan fingerprint density at radius 3 is 2.79 bits per heavy atom. The van der Waals surface area contributed by atoms with E-state index in [1.54, 1.807) is 7.11 Å². The molecule has 0 aromatic heterocycles. The van der Waals surface area contributed by atoms with Crippen LogP contribution in [0.15, 0.2) is 22.7 Å². The summed E-state index contributed by atoms with van der Waals surface area (Å²) in [6.07, 6.45) is 5.49. The van der Waals surface area contributed by atoms with Gasteiger partial charge in [-0.05, 0) is 37.8 Å². The number of fused-ring (bicyclic) bond motifs is 1. The zero-order valence-electron chi connectivity index (χ0n) is 11.2. The molecule has 1 atom stereocenters. The Morgan fingerprint density at radius 1 is 1.37 bits per heavy atom. The largest absolute Gasteiger partial charge is 0.487 e. The van der Waals surface area contributed by atoms with Crippen molar-refractivity contribution in [3.05, 3.63) is 28.2 Å². The maximum Gasteiger partial charge on any atom is 0.126 e. The van der Waals surface area contributed by atoms with Gasteiger partial charge in [0.25, 0.3) is 0 Å². The van der Waals surface area contributed by atoms with Gasteiger partial charge in [-0.1, -0.05) is 22.0 Å². The Morgan fingerprint density at radius 2 is 2.11 bits per heavy atom. The van der Waals surface area contributed by atoms with Gasteiger partial charge in [-0.3, -0.25) is 0 Å². The molecule has 3 nitrogen and oxygen atoms in total. The van der Waals surface area contributed by atoms with Crippen LogP contribution in [0.5, 0.6) is 5.75 Å². The van der Waals surface area contributed by atoms with Crippen molar-refractivity contribution in [2.75, 3.05) is 7.11 Å². The molecular formula is C15H20BrNO2. The molecule has 0 radical (unpaired) electrons. The predicted molar refractivity (Wildman–Crippen MR) is 78.3 cm³/mol. The van der Waals surface area contributed by atoms with Crippen molar-refractivity contribution < 1.29 is 9.47 Å². The molecule has 1 heterocycles. The first-order chi connectivity index (χ1) is 9.12. The summed E-state index contributed by atoms with van der Waals surface area (Å²) < 4.78 is 12.8. The van der Waals surface area contributed by atoms with Gasteiger partial charge in [-0.25, -0.2) is 0 Å².